The molecule has 0 aliphatic rings. The molecular weight excluding hydrogens is 176 g/mol. The molecule has 0 atom stereocenters. The van der Waals surface area contributed by atoms with Crippen molar-refractivity contribution >= 4 is 0 Å². The van der Waals surface area contributed by atoms with Crippen LogP contribution in [0.5, 0.6) is 5.88 Å². The molecule has 1 aromatic rings. The van der Waals surface area contributed by atoms with Crippen molar-refractivity contribution in [3.05, 3.63) is 26.4 Å². The van der Waals surface area contributed by atoms with Crippen LogP contribution in [0.1, 0.15) is 5.56 Å². The molecule has 0 bridgehead atoms. The van der Waals surface area contributed by atoms with Crippen LogP contribution in [-0.2, 0) is 11.2 Å². The fourth-order valence-corrected chi connectivity index (χ4v) is 0.936. The lowest BCUT2D eigenvalue weighted by Gasteiger charge is -2.00. The van der Waals surface area contributed by atoms with Crippen LogP contribution >= 0.6 is 0 Å². The fraction of sp³-hybridized carbons (Fsp3) is 0.429. The number of nitrogens with one attached hydrogen (secondary N) is 2. The summed E-state index contributed by atoms with van der Waals surface area (Å²) in [6.45, 7) is 0.308. The van der Waals surface area contributed by atoms with Crippen LogP contribution in [0.2, 0.25) is 0 Å². The quantitative estimate of drug-likeness (QED) is 0.561. The summed E-state index contributed by atoms with van der Waals surface area (Å²) in [6, 6.07) is 0. The summed E-state index contributed by atoms with van der Waals surface area (Å²) in [4.78, 5) is 25.8. The number of aromatic nitrogens is 2. The van der Waals surface area contributed by atoms with E-state index in [1.165, 1.54) is 7.11 Å². The lowest BCUT2D eigenvalue weighted by Crippen LogP contribution is -2.25. The first kappa shape index (κ1) is 9.53. The van der Waals surface area contributed by atoms with Crippen LogP contribution in [0.3, 0.4) is 0 Å². The molecule has 6 heteroatoms. The third-order valence-electron chi connectivity index (χ3n) is 1.58. The number of aromatic hydroxyl groups is 1. The first-order valence-corrected chi connectivity index (χ1v) is 3.68. The second-order valence-electron chi connectivity index (χ2n) is 2.48. The molecule has 0 unspecified atom stereocenters. The minimum absolute atomic E-state index is 0.126. The average Bonchev–Trinajstić information content (AvgIpc) is 2.02. The Morgan fingerprint density at radius 3 is 2.62 bits per heavy atom. The lowest BCUT2D eigenvalue weighted by atomic mass is 10.2. The average molecular weight is 186 g/mol. The Morgan fingerprint density at radius 1 is 1.38 bits per heavy atom. The molecule has 0 amide bonds. The molecule has 0 aliphatic carbocycles. The summed E-state index contributed by atoms with van der Waals surface area (Å²) >= 11 is 0. The first-order chi connectivity index (χ1) is 6.15. The number of methoxy groups -OCH3 is 1. The number of aromatic amines is 2. The number of rotatable bonds is 3. The maximum atomic E-state index is 11.1. The highest BCUT2D eigenvalue weighted by molar-refractivity contribution is 5.20. The molecule has 0 fully saturated rings. The summed E-state index contributed by atoms with van der Waals surface area (Å²) < 4.78 is 4.73. The molecule has 1 rings (SSSR count). The van der Waals surface area contributed by atoms with Gasteiger partial charge >= 0.3 is 5.69 Å². The van der Waals surface area contributed by atoms with E-state index in [2.05, 4.69) is 4.98 Å². The molecule has 0 saturated heterocycles. The molecule has 72 valence electrons. The maximum Gasteiger partial charge on any atom is 0.328 e. The Balaban J connectivity index is 3.07. The van der Waals surface area contributed by atoms with E-state index < -0.39 is 17.1 Å². The summed E-state index contributed by atoms with van der Waals surface area (Å²) in [5, 5.41) is 9.17. The third-order valence-corrected chi connectivity index (χ3v) is 1.58. The van der Waals surface area contributed by atoms with Gasteiger partial charge in [0.05, 0.1) is 12.2 Å². The van der Waals surface area contributed by atoms with E-state index >= 15 is 0 Å². The van der Waals surface area contributed by atoms with E-state index in [1.54, 1.807) is 0 Å². The van der Waals surface area contributed by atoms with Crippen LogP contribution in [0.15, 0.2) is 9.59 Å². The van der Waals surface area contributed by atoms with E-state index in [1.807, 2.05) is 4.98 Å². The van der Waals surface area contributed by atoms with Gasteiger partial charge in [0.15, 0.2) is 0 Å². The van der Waals surface area contributed by atoms with E-state index in [4.69, 9.17) is 9.84 Å². The summed E-state index contributed by atoms with van der Waals surface area (Å²) in [5.41, 5.74) is -1.18. The highest BCUT2D eigenvalue weighted by Gasteiger charge is 2.06. The van der Waals surface area contributed by atoms with Crippen molar-refractivity contribution < 1.29 is 9.84 Å². The first-order valence-electron chi connectivity index (χ1n) is 3.68. The second kappa shape index (κ2) is 3.90. The normalized spacial score (nSPS) is 10.2. The summed E-state index contributed by atoms with van der Waals surface area (Å²) in [5.74, 6) is -0.397. The van der Waals surface area contributed by atoms with Crippen molar-refractivity contribution in [3.63, 3.8) is 0 Å². The second-order valence-corrected chi connectivity index (χ2v) is 2.48. The smallest absolute Gasteiger partial charge is 0.328 e. The zero-order valence-corrected chi connectivity index (χ0v) is 7.09. The fourth-order valence-electron chi connectivity index (χ4n) is 0.936. The molecule has 1 aromatic heterocycles. The largest absolute Gasteiger partial charge is 0.494 e. The topological polar surface area (TPSA) is 95.2 Å². The molecule has 0 aromatic carbocycles. The zero-order valence-electron chi connectivity index (χ0n) is 7.09. The number of hydrogen-bond donors (Lipinski definition) is 3. The van der Waals surface area contributed by atoms with Crippen molar-refractivity contribution in [3.8, 4) is 5.88 Å². The van der Waals surface area contributed by atoms with Crippen molar-refractivity contribution in [1.82, 2.24) is 9.97 Å². The Kier molecular flexibility index (Phi) is 2.86. The Bertz CT molecular complexity index is 392. The predicted molar refractivity (Wildman–Crippen MR) is 44.9 cm³/mol. The van der Waals surface area contributed by atoms with Gasteiger partial charge in [0, 0.05) is 13.5 Å². The number of ether oxygens (including phenoxy) is 1. The highest BCUT2D eigenvalue weighted by Crippen LogP contribution is 2.04. The van der Waals surface area contributed by atoms with E-state index in [0.29, 0.717) is 6.61 Å². The molecule has 0 spiro atoms. The van der Waals surface area contributed by atoms with Gasteiger partial charge in [-0.2, -0.15) is 0 Å². The van der Waals surface area contributed by atoms with Gasteiger partial charge in [-0.25, -0.2) is 4.79 Å². The molecule has 1 heterocycles. The van der Waals surface area contributed by atoms with Gasteiger partial charge in [0.25, 0.3) is 5.56 Å². The van der Waals surface area contributed by atoms with Gasteiger partial charge in [-0.1, -0.05) is 0 Å². The maximum absolute atomic E-state index is 11.1. The van der Waals surface area contributed by atoms with Gasteiger partial charge in [-0.05, 0) is 0 Å². The minimum Gasteiger partial charge on any atom is -0.494 e. The minimum atomic E-state index is -0.719. The Morgan fingerprint density at radius 2 is 2.08 bits per heavy atom. The number of H-pyrrole nitrogens is 2. The van der Waals surface area contributed by atoms with Gasteiger partial charge in [-0.15, -0.1) is 0 Å². The van der Waals surface area contributed by atoms with Crippen LogP contribution in [0, 0.1) is 0 Å². The summed E-state index contributed by atoms with van der Waals surface area (Å²) in [7, 11) is 1.48. The van der Waals surface area contributed by atoms with Crippen molar-refractivity contribution in [2.75, 3.05) is 13.7 Å². The molecule has 0 saturated carbocycles. The SMILES string of the molecule is COCCc1c(O)[nH]c(=O)[nH]c1=O. The van der Waals surface area contributed by atoms with Crippen LogP contribution in [0.4, 0.5) is 0 Å². The molecule has 13 heavy (non-hydrogen) atoms. The molecule has 0 aliphatic heterocycles. The van der Waals surface area contributed by atoms with E-state index in [0.717, 1.165) is 0 Å². The van der Waals surface area contributed by atoms with Crippen LogP contribution in [-0.4, -0.2) is 28.8 Å². The van der Waals surface area contributed by atoms with Gasteiger partial charge in [0.1, 0.15) is 0 Å². The van der Waals surface area contributed by atoms with Crippen LogP contribution < -0.4 is 11.2 Å². The molecule has 6 nitrogen and oxygen atoms in total. The molecule has 0 radical (unpaired) electrons. The van der Waals surface area contributed by atoms with Gasteiger partial charge in [0.2, 0.25) is 5.88 Å². The van der Waals surface area contributed by atoms with Gasteiger partial charge < -0.3 is 9.84 Å². The van der Waals surface area contributed by atoms with Crippen molar-refractivity contribution in [1.29, 1.82) is 0 Å². The zero-order chi connectivity index (χ0) is 9.84. The molecular formula is C7H10N2O4. The van der Waals surface area contributed by atoms with E-state index in [-0.39, 0.29) is 12.0 Å². The standard InChI is InChI=1S/C7H10N2O4/c1-13-3-2-4-5(10)8-7(12)9-6(4)11/h2-3H2,1H3,(H3,8,9,10,11,12). The Hall–Kier alpha value is -1.56. The third kappa shape index (κ3) is 2.19. The Labute approximate surface area is 73.2 Å². The van der Waals surface area contributed by atoms with Crippen molar-refractivity contribution in [2.45, 2.75) is 6.42 Å². The van der Waals surface area contributed by atoms with Crippen molar-refractivity contribution in [2.24, 2.45) is 0 Å². The molecule has 3 N–H and O–H groups in total. The number of hydrogen-bond acceptors (Lipinski definition) is 4. The van der Waals surface area contributed by atoms with Gasteiger partial charge in [-0.3, -0.25) is 14.8 Å². The van der Waals surface area contributed by atoms with Crippen LogP contribution in [0.25, 0.3) is 0 Å². The summed E-state index contributed by atoms with van der Waals surface area (Å²) in [6.07, 6.45) is 0.258. The predicted octanol–water partition coefficient (Wildman–Crippen LogP) is -1.04. The van der Waals surface area contributed by atoms with E-state index in [9.17, 15) is 9.59 Å². The highest BCUT2D eigenvalue weighted by atomic mass is 16.5. The monoisotopic (exact) mass is 186 g/mol. The lowest BCUT2D eigenvalue weighted by molar-refractivity contribution is 0.201.